The van der Waals surface area contributed by atoms with Gasteiger partial charge < -0.3 is 0 Å². The van der Waals surface area contributed by atoms with E-state index < -0.39 is 10.0 Å². The number of halogens is 1. The molecule has 1 aromatic heterocycles. The molecule has 0 aromatic carbocycles. The Balaban J connectivity index is 2.23. The smallest absolute Gasteiger partial charge is 0.206 e. The molecule has 19 heavy (non-hydrogen) atoms. The fraction of sp³-hybridized carbons (Fsp3) is 0.692. The molecule has 108 valence electrons. The van der Waals surface area contributed by atoms with E-state index in [4.69, 9.17) is 11.6 Å². The van der Waals surface area contributed by atoms with Gasteiger partial charge in [0.2, 0.25) is 0 Å². The summed E-state index contributed by atoms with van der Waals surface area (Å²) in [4.78, 5) is 0.894. The Morgan fingerprint density at radius 1 is 1.37 bits per heavy atom. The molecule has 0 N–H and O–H groups in total. The van der Waals surface area contributed by atoms with E-state index >= 15 is 0 Å². The van der Waals surface area contributed by atoms with Crippen molar-refractivity contribution < 1.29 is 8.42 Å². The maximum atomic E-state index is 12.6. The first-order chi connectivity index (χ1) is 8.96. The van der Waals surface area contributed by atoms with Crippen molar-refractivity contribution in [3.8, 4) is 0 Å². The Morgan fingerprint density at radius 2 is 2.05 bits per heavy atom. The third-order valence-electron chi connectivity index (χ3n) is 3.94. The second-order valence-electron chi connectivity index (χ2n) is 5.20. The minimum absolute atomic E-state index is 0.125. The predicted octanol–water partition coefficient (Wildman–Crippen LogP) is 3.69. The lowest BCUT2D eigenvalue weighted by molar-refractivity contribution is 0.213. The molecule has 1 heterocycles. The quantitative estimate of drug-likeness (QED) is 0.793. The molecule has 3 nitrogen and oxygen atoms in total. The van der Waals surface area contributed by atoms with Crippen LogP contribution in [0, 0.1) is 5.92 Å². The van der Waals surface area contributed by atoms with Gasteiger partial charge in [-0.15, -0.1) is 22.9 Å². The normalized spacial score (nSPS) is 24.8. The van der Waals surface area contributed by atoms with E-state index in [-0.39, 0.29) is 6.04 Å². The van der Waals surface area contributed by atoms with E-state index in [0.29, 0.717) is 16.0 Å². The number of hydrogen-bond acceptors (Lipinski definition) is 3. The van der Waals surface area contributed by atoms with E-state index in [0.717, 1.165) is 24.1 Å². The molecule has 1 saturated carbocycles. The molecule has 0 aliphatic heterocycles. The van der Waals surface area contributed by atoms with Crippen molar-refractivity contribution in [3.05, 3.63) is 17.0 Å². The third kappa shape index (κ3) is 3.15. The zero-order valence-corrected chi connectivity index (χ0v) is 13.7. The SMILES string of the molecule is CC1CCCCC1N(C)S(=O)(=O)c1ccc(CCl)s1. The first kappa shape index (κ1) is 15.3. The van der Waals surface area contributed by atoms with Crippen molar-refractivity contribution in [2.45, 2.75) is 48.7 Å². The van der Waals surface area contributed by atoms with E-state index in [1.165, 1.54) is 17.8 Å². The Labute approximate surface area is 124 Å². The van der Waals surface area contributed by atoms with Crippen LogP contribution in [0.4, 0.5) is 0 Å². The average molecular weight is 322 g/mol. The number of alkyl halides is 1. The number of thiophene rings is 1. The number of rotatable bonds is 4. The molecule has 0 spiro atoms. The summed E-state index contributed by atoms with van der Waals surface area (Å²) in [5.74, 6) is 0.796. The number of nitrogens with zero attached hydrogens (tertiary/aromatic N) is 1. The molecule has 1 aliphatic carbocycles. The molecule has 1 aromatic rings. The highest BCUT2D eigenvalue weighted by atomic mass is 35.5. The zero-order valence-electron chi connectivity index (χ0n) is 11.3. The van der Waals surface area contributed by atoms with Gasteiger partial charge in [-0.05, 0) is 30.9 Å². The highest BCUT2D eigenvalue weighted by molar-refractivity contribution is 7.91. The molecule has 2 unspecified atom stereocenters. The second kappa shape index (κ2) is 6.12. The Morgan fingerprint density at radius 3 is 2.63 bits per heavy atom. The molecule has 0 saturated heterocycles. The van der Waals surface area contributed by atoms with Crippen LogP contribution in [0.25, 0.3) is 0 Å². The molecule has 2 atom stereocenters. The molecule has 0 radical (unpaired) electrons. The van der Waals surface area contributed by atoms with Crippen LogP contribution < -0.4 is 0 Å². The van der Waals surface area contributed by atoms with Crippen LogP contribution in [0.1, 0.15) is 37.5 Å². The monoisotopic (exact) mass is 321 g/mol. The largest absolute Gasteiger partial charge is 0.252 e. The maximum absolute atomic E-state index is 12.6. The van der Waals surface area contributed by atoms with Gasteiger partial charge in [-0.3, -0.25) is 0 Å². The van der Waals surface area contributed by atoms with Gasteiger partial charge >= 0.3 is 0 Å². The molecule has 0 bridgehead atoms. The molecule has 0 amide bonds. The van der Waals surface area contributed by atoms with Crippen LogP contribution in [-0.2, 0) is 15.9 Å². The summed E-state index contributed by atoms with van der Waals surface area (Å²) in [6.45, 7) is 2.15. The van der Waals surface area contributed by atoms with Gasteiger partial charge in [0.15, 0.2) is 0 Å². The fourth-order valence-electron chi connectivity index (χ4n) is 2.73. The van der Waals surface area contributed by atoms with Crippen LogP contribution >= 0.6 is 22.9 Å². The lowest BCUT2D eigenvalue weighted by Gasteiger charge is -2.35. The summed E-state index contributed by atoms with van der Waals surface area (Å²) < 4.78 is 27.2. The van der Waals surface area contributed by atoms with Crippen LogP contribution in [0.15, 0.2) is 16.3 Å². The molecule has 1 fully saturated rings. The van der Waals surface area contributed by atoms with Crippen LogP contribution in [-0.4, -0.2) is 25.8 Å². The Kier molecular flexibility index (Phi) is 4.93. The maximum Gasteiger partial charge on any atom is 0.252 e. The van der Waals surface area contributed by atoms with Crippen molar-refractivity contribution in [2.75, 3.05) is 7.05 Å². The van der Waals surface area contributed by atoms with Crippen molar-refractivity contribution in [1.29, 1.82) is 0 Å². The van der Waals surface area contributed by atoms with Gasteiger partial charge in [-0.1, -0.05) is 19.8 Å². The number of hydrogen-bond donors (Lipinski definition) is 0. The van der Waals surface area contributed by atoms with Crippen molar-refractivity contribution >= 4 is 33.0 Å². The average Bonchev–Trinajstić information content (AvgIpc) is 2.88. The van der Waals surface area contributed by atoms with Crippen LogP contribution in [0.5, 0.6) is 0 Å². The topological polar surface area (TPSA) is 37.4 Å². The molecular formula is C13H20ClNO2S2. The van der Waals surface area contributed by atoms with E-state index in [2.05, 4.69) is 6.92 Å². The highest BCUT2D eigenvalue weighted by Crippen LogP contribution is 2.32. The van der Waals surface area contributed by atoms with E-state index in [9.17, 15) is 8.42 Å². The van der Waals surface area contributed by atoms with Crippen molar-refractivity contribution in [1.82, 2.24) is 4.31 Å². The molecular weight excluding hydrogens is 302 g/mol. The lowest BCUT2D eigenvalue weighted by Crippen LogP contribution is -2.42. The summed E-state index contributed by atoms with van der Waals surface area (Å²) >= 11 is 7.02. The van der Waals surface area contributed by atoms with Crippen molar-refractivity contribution in [3.63, 3.8) is 0 Å². The third-order valence-corrected chi connectivity index (χ3v) is 7.82. The molecule has 6 heteroatoms. The summed E-state index contributed by atoms with van der Waals surface area (Å²) in [5, 5.41) is 0. The van der Waals surface area contributed by atoms with Gasteiger partial charge in [-0.25, -0.2) is 8.42 Å². The van der Waals surface area contributed by atoms with Crippen LogP contribution in [0.2, 0.25) is 0 Å². The first-order valence-electron chi connectivity index (χ1n) is 6.59. The highest BCUT2D eigenvalue weighted by Gasteiger charge is 2.33. The summed E-state index contributed by atoms with van der Waals surface area (Å²) in [6, 6.07) is 3.59. The molecule has 1 aliphatic rings. The van der Waals surface area contributed by atoms with Gasteiger partial charge in [0.25, 0.3) is 10.0 Å². The Hall–Kier alpha value is -0.100. The summed E-state index contributed by atoms with van der Waals surface area (Å²) in [7, 11) is -1.66. The van der Waals surface area contributed by atoms with Gasteiger partial charge in [0, 0.05) is 18.0 Å². The minimum atomic E-state index is -3.37. The lowest BCUT2D eigenvalue weighted by atomic mass is 9.86. The Bertz CT molecular complexity index is 527. The fourth-order valence-corrected chi connectivity index (χ4v) is 5.85. The predicted molar refractivity (Wildman–Crippen MR) is 80.2 cm³/mol. The first-order valence-corrected chi connectivity index (χ1v) is 9.38. The summed E-state index contributed by atoms with van der Waals surface area (Å²) in [6.07, 6.45) is 4.40. The minimum Gasteiger partial charge on any atom is -0.206 e. The van der Waals surface area contributed by atoms with E-state index in [1.54, 1.807) is 23.5 Å². The zero-order chi connectivity index (χ0) is 14.0. The summed E-state index contributed by atoms with van der Waals surface area (Å²) in [5.41, 5.74) is 0. The van der Waals surface area contributed by atoms with Gasteiger partial charge in [0.05, 0.1) is 5.88 Å². The van der Waals surface area contributed by atoms with Crippen LogP contribution in [0.3, 0.4) is 0 Å². The molecule has 2 rings (SSSR count). The number of sulfonamides is 1. The van der Waals surface area contributed by atoms with E-state index in [1.807, 2.05) is 0 Å². The van der Waals surface area contributed by atoms with Gasteiger partial charge in [0.1, 0.15) is 4.21 Å². The standard InChI is InChI=1S/C13H20ClNO2S2/c1-10-5-3-4-6-12(10)15(2)19(16,17)13-8-7-11(9-14)18-13/h7-8,10,12H,3-6,9H2,1-2H3. The second-order valence-corrected chi connectivity index (χ2v) is 8.86. The van der Waals surface area contributed by atoms with Crippen molar-refractivity contribution in [2.24, 2.45) is 5.92 Å². The van der Waals surface area contributed by atoms with Gasteiger partial charge in [-0.2, -0.15) is 4.31 Å².